The third-order valence-electron chi connectivity index (χ3n) is 3.56. The van der Waals surface area contributed by atoms with E-state index in [4.69, 9.17) is 4.74 Å². The van der Waals surface area contributed by atoms with Gasteiger partial charge in [-0.2, -0.15) is 0 Å². The van der Waals surface area contributed by atoms with Gasteiger partial charge in [-0.25, -0.2) is 19.0 Å². The number of ether oxygens (including phenoxy) is 1. The van der Waals surface area contributed by atoms with Gasteiger partial charge >= 0.3 is 12.0 Å². The van der Waals surface area contributed by atoms with Gasteiger partial charge in [-0.15, -0.1) is 11.3 Å². The quantitative estimate of drug-likeness (QED) is 0.839. The first-order chi connectivity index (χ1) is 12.0. The van der Waals surface area contributed by atoms with Crippen molar-refractivity contribution in [2.75, 3.05) is 19.7 Å². The smallest absolute Gasteiger partial charge is 0.350 e. The summed E-state index contributed by atoms with van der Waals surface area (Å²) in [5, 5.41) is 3.05. The lowest BCUT2D eigenvalue weighted by molar-refractivity contribution is -0.130. The SMILES string of the molecule is Cc1nc(-c2ccc(F)cc2)sc1C(=O)OCC(=O)N1CCNC1=O. The second-order valence-electron chi connectivity index (χ2n) is 5.29. The van der Waals surface area contributed by atoms with Crippen molar-refractivity contribution in [2.45, 2.75) is 6.92 Å². The maximum Gasteiger partial charge on any atom is 0.350 e. The van der Waals surface area contributed by atoms with Gasteiger partial charge in [0.25, 0.3) is 5.91 Å². The standard InChI is InChI=1S/C16H14FN3O4S/c1-9-13(25-14(19-9)10-2-4-11(17)5-3-10)15(22)24-8-12(21)20-7-6-18-16(20)23/h2-5H,6-8H2,1H3,(H,18,23). The summed E-state index contributed by atoms with van der Waals surface area (Å²) in [5.74, 6) is -1.62. The van der Waals surface area contributed by atoms with Crippen LogP contribution in [0.15, 0.2) is 24.3 Å². The maximum atomic E-state index is 13.0. The third-order valence-corrected chi connectivity index (χ3v) is 4.74. The molecule has 1 aromatic heterocycles. The molecule has 0 radical (unpaired) electrons. The topological polar surface area (TPSA) is 88.6 Å². The summed E-state index contributed by atoms with van der Waals surface area (Å²) in [5.41, 5.74) is 1.14. The predicted octanol–water partition coefficient (Wildman–Crippen LogP) is 1.97. The highest BCUT2D eigenvalue weighted by Crippen LogP contribution is 2.28. The van der Waals surface area contributed by atoms with E-state index in [1.165, 1.54) is 12.1 Å². The number of aromatic nitrogens is 1. The van der Waals surface area contributed by atoms with Crippen LogP contribution in [0.1, 0.15) is 15.4 Å². The zero-order valence-corrected chi connectivity index (χ0v) is 14.1. The maximum absolute atomic E-state index is 13.0. The minimum absolute atomic E-state index is 0.253. The molecule has 3 rings (SSSR count). The first-order valence-electron chi connectivity index (χ1n) is 7.44. The normalized spacial score (nSPS) is 13.7. The van der Waals surface area contributed by atoms with Crippen LogP contribution in [-0.2, 0) is 9.53 Å². The van der Waals surface area contributed by atoms with Gasteiger partial charge in [0.05, 0.1) is 5.69 Å². The molecular weight excluding hydrogens is 349 g/mol. The Balaban J connectivity index is 1.67. The molecular formula is C16H14FN3O4S. The average Bonchev–Trinajstić information content (AvgIpc) is 3.19. The van der Waals surface area contributed by atoms with Gasteiger partial charge in [0.15, 0.2) is 6.61 Å². The number of imide groups is 1. The van der Waals surface area contributed by atoms with Crippen LogP contribution in [0.25, 0.3) is 10.6 Å². The highest BCUT2D eigenvalue weighted by atomic mass is 32.1. The molecule has 0 spiro atoms. The molecule has 2 aromatic rings. The van der Waals surface area contributed by atoms with Crippen LogP contribution in [0.4, 0.5) is 9.18 Å². The van der Waals surface area contributed by atoms with Crippen LogP contribution in [-0.4, -0.2) is 47.5 Å². The highest BCUT2D eigenvalue weighted by Gasteiger charge is 2.27. The molecule has 1 aromatic carbocycles. The van der Waals surface area contributed by atoms with E-state index in [9.17, 15) is 18.8 Å². The average molecular weight is 363 g/mol. The van der Waals surface area contributed by atoms with Gasteiger partial charge in [-0.05, 0) is 31.2 Å². The molecule has 0 bridgehead atoms. The number of aryl methyl sites for hydroxylation is 1. The van der Waals surface area contributed by atoms with Crippen LogP contribution in [0, 0.1) is 12.7 Å². The van der Waals surface area contributed by atoms with E-state index in [2.05, 4.69) is 10.3 Å². The van der Waals surface area contributed by atoms with E-state index in [1.807, 2.05) is 0 Å². The Morgan fingerprint density at radius 1 is 1.36 bits per heavy atom. The van der Waals surface area contributed by atoms with E-state index in [0.717, 1.165) is 16.2 Å². The molecule has 0 atom stereocenters. The molecule has 130 valence electrons. The molecule has 1 aliphatic heterocycles. The molecule has 7 nitrogen and oxygen atoms in total. The van der Waals surface area contributed by atoms with Crippen molar-refractivity contribution in [3.8, 4) is 10.6 Å². The number of nitrogens with one attached hydrogen (secondary N) is 1. The lowest BCUT2D eigenvalue weighted by atomic mass is 10.2. The van der Waals surface area contributed by atoms with Gasteiger partial charge in [0, 0.05) is 18.7 Å². The second kappa shape index (κ2) is 6.98. The van der Waals surface area contributed by atoms with Crippen molar-refractivity contribution in [1.82, 2.24) is 15.2 Å². The molecule has 1 N–H and O–H groups in total. The van der Waals surface area contributed by atoms with Crippen molar-refractivity contribution in [3.63, 3.8) is 0 Å². The predicted molar refractivity (Wildman–Crippen MR) is 87.6 cm³/mol. The molecule has 0 aliphatic carbocycles. The monoisotopic (exact) mass is 363 g/mol. The largest absolute Gasteiger partial charge is 0.451 e. The van der Waals surface area contributed by atoms with Crippen molar-refractivity contribution in [1.29, 1.82) is 0 Å². The van der Waals surface area contributed by atoms with Crippen LogP contribution in [0.2, 0.25) is 0 Å². The lowest BCUT2D eigenvalue weighted by Crippen LogP contribution is -2.37. The van der Waals surface area contributed by atoms with Crippen molar-refractivity contribution in [3.05, 3.63) is 40.7 Å². The van der Waals surface area contributed by atoms with Crippen molar-refractivity contribution in [2.24, 2.45) is 0 Å². The van der Waals surface area contributed by atoms with Crippen molar-refractivity contribution < 1.29 is 23.5 Å². The number of benzene rings is 1. The van der Waals surface area contributed by atoms with Crippen molar-refractivity contribution >= 4 is 29.2 Å². The molecule has 1 saturated heterocycles. The van der Waals surface area contributed by atoms with Crippen LogP contribution < -0.4 is 5.32 Å². The van der Waals surface area contributed by atoms with Gasteiger partial charge in [0.1, 0.15) is 15.7 Å². The van der Waals surface area contributed by atoms with E-state index < -0.39 is 24.5 Å². The fourth-order valence-corrected chi connectivity index (χ4v) is 3.25. The molecule has 1 fully saturated rings. The summed E-state index contributed by atoms with van der Waals surface area (Å²) in [4.78, 5) is 41.0. The summed E-state index contributed by atoms with van der Waals surface area (Å²) in [6.07, 6.45) is 0. The zero-order chi connectivity index (χ0) is 18.0. The first kappa shape index (κ1) is 17.0. The lowest BCUT2D eigenvalue weighted by Gasteiger charge is -2.11. The number of halogens is 1. The summed E-state index contributed by atoms with van der Waals surface area (Å²) >= 11 is 1.10. The van der Waals surface area contributed by atoms with Gasteiger partial charge in [-0.3, -0.25) is 9.69 Å². The number of carbonyl (C=O) groups is 3. The zero-order valence-electron chi connectivity index (χ0n) is 13.2. The Morgan fingerprint density at radius 2 is 2.08 bits per heavy atom. The molecule has 0 saturated carbocycles. The molecule has 25 heavy (non-hydrogen) atoms. The van der Waals surface area contributed by atoms with Gasteiger partial charge in [-0.1, -0.05) is 0 Å². The Labute approximate surface area is 146 Å². The summed E-state index contributed by atoms with van der Waals surface area (Å²) < 4.78 is 18.0. The number of thiazole rings is 1. The number of hydrogen-bond acceptors (Lipinski definition) is 6. The number of rotatable bonds is 4. The Bertz CT molecular complexity index is 834. The summed E-state index contributed by atoms with van der Waals surface area (Å²) in [6, 6.07) is 5.26. The fourth-order valence-electron chi connectivity index (χ4n) is 2.28. The number of amides is 3. The number of hydrogen-bond donors (Lipinski definition) is 1. The van der Waals surface area contributed by atoms with E-state index in [0.29, 0.717) is 22.8 Å². The highest BCUT2D eigenvalue weighted by molar-refractivity contribution is 7.17. The molecule has 9 heteroatoms. The minimum atomic E-state index is -0.684. The van der Waals surface area contributed by atoms with E-state index in [-0.39, 0.29) is 17.2 Å². The molecule has 3 amide bonds. The third kappa shape index (κ3) is 3.66. The summed E-state index contributed by atoms with van der Waals surface area (Å²) in [6.45, 7) is 1.77. The first-order valence-corrected chi connectivity index (χ1v) is 8.26. The molecule has 2 heterocycles. The number of urea groups is 1. The molecule has 1 aliphatic rings. The van der Waals surface area contributed by atoms with Gasteiger partial charge < -0.3 is 10.1 Å². The van der Waals surface area contributed by atoms with Gasteiger partial charge in [0.2, 0.25) is 0 Å². The van der Waals surface area contributed by atoms with Crippen LogP contribution in [0.5, 0.6) is 0 Å². The second-order valence-corrected chi connectivity index (χ2v) is 6.29. The summed E-state index contributed by atoms with van der Waals surface area (Å²) in [7, 11) is 0. The number of carbonyl (C=O) groups excluding carboxylic acids is 3. The van der Waals surface area contributed by atoms with Crippen LogP contribution in [0.3, 0.4) is 0 Å². The molecule has 0 unspecified atom stereocenters. The number of esters is 1. The fraction of sp³-hybridized carbons (Fsp3) is 0.250. The van der Waals surface area contributed by atoms with E-state index in [1.54, 1.807) is 19.1 Å². The van der Waals surface area contributed by atoms with Crippen LogP contribution >= 0.6 is 11.3 Å². The number of nitrogens with zero attached hydrogens (tertiary/aromatic N) is 2. The Morgan fingerprint density at radius 3 is 2.72 bits per heavy atom. The Kier molecular flexibility index (Phi) is 4.75. The minimum Gasteiger partial charge on any atom is -0.451 e. The van der Waals surface area contributed by atoms with E-state index >= 15 is 0 Å². The Hall–Kier alpha value is -2.81.